The van der Waals surface area contributed by atoms with E-state index in [1.54, 1.807) is 13.2 Å². The van der Waals surface area contributed by atoms with Crippen molar-refractivity contribution in [2.24, 2.45) is 11.8 Å². The van der Waals surface area contributed by atoms with Crippen molar-refractivity contribution in [2.75, 3.05) is 39.6 Å². The predicted molar refractivity (Wildman–Crippen MR) is 115 cm³/mol. The van der Waals surface area contributed by atoms with E-state index in [1.807, 2.05) is 18.2 Å². The Hall–Kier alpha value is -2.06. The topological polar surface area (TPSA) is 84.9 Å². The number of carbonyl (C=O) groups is 1. The largest absolute Gasteiger partial charge is 0.493 e. The van der Waals surface area contributed by atoms with Gasteiger partial charge in [-0.3, -0.25) is 4.79 Å². The van der Waals surface area contributed by atoms with Crippen LogP contribution < -0.4 is 14.8 Å². The average molecular weight is 425 g/mol. The van der Waals surface area contributed by atoms with E-state index in [4.69, 9.17) is 9.47 Å². The molecule has 1 aliphatic heterocycles. The van der Waals surface area contributed by atoms with Gasteiger partial charge in [-0.1, -0.05) is 19.9 Å². The summed E-state index contributed by atoms with van der Waals surface area (Å²) < 4.78 is 35.7. The van der Waals surface area contributed by atoms with Crippen LogP contribution in [0.4, 0.5) is 0 Å². The molecular formula is C21H32N2O5S. The molecule has 0 unspecified atom stereocenters. The molecule has 29 heavy (non-hydrogen) atoms. The molecule has 0 aliphatic carbocycles. The molecule has 1 fully saturated rings. The number of hydrogen-bond donors (Lipinski definition) is 1. The maximum atomic E-state index is 12.1. The summed E-state index contributed by atoms with van der Waals surface area (Å²) in [5.74, 6) is 1.85. The van der Waals surface area contributed by atoms with Crippen molar-refractivity contribution in [1.29, 1.82) is 0 Å². The Morgan fingerprint density at radius 2 is 1.97 bits per heavy atom. The van der Waals surface area contributed by atoms with E-state index in [0.717, 1.165) is 18.4 Å². The Kier molecular flexibility index (Phi) is 8.52. The van der Waals surface area contributed by atoms with Crippen molar-refractivity contribution in [2.45, 2.75) is 26.7 Å². The number of carbonyl (C=O) groups excluding carboxylic acids is 1. The first-order valence-electron chi connectivity index (χ1n) is 9.91. The molecule has 2 rings (SSSR count). The lowest BCUT2D eigenvalue weighted by Crippen LogP contribution is -2.40. The first-order valence-corrected chi connectivity index (χ1v) is 11.8. The lowest BCUT2D eigenvalue weighted by atomic mass is 9.98. The van der Waals surface area contributed by atoms with E-state index < -0.39 is 10.0 Å². The number of rotatable bonds is 9. The summed E-state index contributed by atoms with van der Waals surface area (Å²) in [6.07, 6.45) is 5.97. The number of ether oxygens (including phenoxy) is 2. The van der Waals surface area contributed by atoms with Crippen molar-refractivity contribution in [3.8, 4) is 11.5 Å². The molecule has 8 heteroatoms. The van der Waals surface area contributed by atoms with Crippen LogP contribution in [-0.2, 0) is 14.8 Å². The van der Waals surface area contributed by atoms with Gasteiger partial charge in [-0.2, -0.15) is 0 Å². The van der Waals surface area contributed by atoms with Gasteiger partial charge in [-0.05, 0) is 48.4 Å². The third kappa shape index (κ3) is 7.70. The highest BCUT2D eigenvalue weighted by Gasteiger charge is 2.24. The third-order valence-electron chi connectivity index (χ3n) is 4.79. The minimum absolute atomic E-state index is 0.172. The third-order valence-corrected chi connectivity index (χ3v) is 6.10. The Labute approximate surface area is 174 Å². The number of methoxy groups -OCH3 is 1. The van der Waals surface area contributed by atoms with Crippen LogP contribution in [0.5, 0.6) is 11.5 Å². The van der Waals surface area contributed by atoms with E-state index in [-0.39, 0.29) is 5.91 Å². The zero-order valence-corrected chi connectivity index (χ0v) is 18.5. The molecule has 1 aromatic rings. The number of nitrogens with one attached hydrogen (secondary N) is 1. The molecule has 0 saturated carbocycles. The number of hydrogen-bond acceptors (Lipinski definition) is 5. The van der Waals surface area contributed by atoms with Gasteiger partial charge in [0.1, 0.15) is 0 Å². The maximum Gasteiger partial charge on any atom is 0.244 e. The second-order valence-electron chi connectivity index (χ2n) is 7.80. The van der Waals surface area contributed by atoms with Gasteiger partial charge < -0.3 is 14.8 Å². The molecule has 0 aromatic heterocycles. The SMILES string of the molecule is COc1cc(/C=C/C(=O)NCC2CCN(S(C)(=O)=O)CC2)ccc1OCC(C)C. The molecule has 162 valence electrons. The fourth-order valence-electron chi connectivity index (χ4n) is 3.08. The van der Waals surface area contributed by atoms with Gasteiger partial charge >= 0.3 is 0 Å². The van der Waals surface area contributed by atoms with Gasteiger partial charge in [0.05, 0.1) is 20.0 Å². The molecule has 1 heterocycles. The minimum Gasteiger partial charge on any atom is -0.493 e. The summed E-state index contributed by atoms with van der Waals surface area (Å²) in [4.78, 5) is 12.1. The predicted octanol–water partition coefficient (Wildman–Crippen LogP) is 2.53. The zero-order chi connectivity index (χ0) is 21.4. The van der Waals surface area contributed by atoms with Crippen molar-refractivity contribution < 1.29 is 22.7 Å². The summed E-state index contributed by atoms with van der Waals surface area (Å²) in [5.41, 5.74) is 0.843. The molecule has 7 nitrogen and oxygen atoms in total. The Morgan fingerprint density at radius 3 is 2.55 bits per heavy atom. The van der Waals surface area contributed by atoms with E-state index in [0.29, 0.717) is 49.6 Å². The molecule has 1 aliphatic rings. The molecule has 0 atom stereocenters. The van der Waals surface area contributed by atoms with Crippen molar-refractivity contribution >= 4 is 22.0 Å². The number of piperidine rings is 1. The highest BCUT2D eigenvalue weighted by Crippen LogP contribution is 2.29. The number of sulfonamides is 1. The molecule has 1 saturated heterocycles. The Morgan fingerprint density at radius 1 is 1.28 bits per heavy atom. The van der Waals surface area contributed by atoms with Crippen molar-refractivity contribution in [3.05, 3.63) is 29.8 Å². The molecule has 0 radical (unpaired) electrons. The summed E-state index contributed by atoms with van der Waals surface area (Å²) >= 11 is 0. The molecular weight excluding hydrogens is 392 g/mol. The summed E-state index contributed by atoms with van der Waals surface area (Å²) in [5, 5.41) is 2.90. The smallest absolute Gasteiger partial charge is 0.244 e. The maximum absolute atomic E-state index is 12.1. The number of benzene rings is 1. The highest BCUT2D eigenvalue weighted by molar-refractivity contribution is 7.88. The van der Waals surface area contributed by atoms with Gasteiger partial charge in [-0.25, -0.2) is 12.7 Å². The van der Waals surface area contributed by atoms with Gasteiger partial charge in [-0.15, -0.1) is 0 Å². The van der Waals surface area contributed by atoms with Gasteiger partial charge in [0.2, 0.25) is 15.9 Å². The van der Waals surface area contributed by atoms with Gasteiger partial charge in [0, 0.05) is 25.7 Å². The van der Waals surface area contributed by atoms with Crippen LogP contribution in [0.2, 0.25) is 0 Å². The Balaban J connectivity index is 1.83. The highest BCUT2D eigenvalue weighted by atomic mass is 32.2. The monoisotopic (exact) mass is 424 g/mol. The molecule has 1 aromatic carbocycles. The number of nitrogens with zero attached hydrogens (tertiary/aromatic N) is 1. The van der Waals surface area contributed by atoms with Crippen molar-refractivity contribution in [3.63, 3.8) is 0 Å². The first-order chi connectivity index (χ1) is 13.7. The lowest BCUT2D eigenvalue weighted by molar-refractivity contribution is -0.116. The molecule has 1 amide bonds. The van der Waals surface area contributed by atoms with Crippen LogP contribution in [0, 0.1) is 11.8 Å². The minimum atomic E-state index is -3.12. The second-order valence-corrected chi connectivity index (χ2v) is 9.78. The van der Waals surface area contributed by atoms with E-state index in [1.165, 1.54) is 16.6 Å². The fourth-order valence-corrected chi connectivity index (χ4v) is 3.96. The van der Waals surface area contributed by atoms with Gasteiger partial charge in [0.25, 0.3) is 0 Å². The summed E-state index contributed by atoms with van der Waals surface area (Å²) in [7, 11) is -1.53. The average Bonchev–Trinajstić information content (AvgIpc) is 2.68. The van der Waals surface area contributed by atoms with Crippen molar-refractivity contribution in [1.82, 2.24) is 9.62 Å². The van der Waals surface area contributed by atoms with E-state index in [9.17, 15) is 13.2 Å². The first kappa shape index (κ1) is 23.2. The van der Waals surface area contributed by atoms with Crippen LogP contribution in [0.25, 0.3) is 6.08 Å². The summed E-state index contributed by atoms with van der Waals surface area (Å²) in [6.45, 7) is 6.35. The standard InChI is InChI=1S/C21H32N2O5S/c1-16(2)15-28-19-7-5-17(13-20(19)27-3)6-8-21(24)22-14-18-9-11-23(12-10-18)29(4,25)26/h5-8,13,16,18H,9-12,14-15H2,1-4H3,(H,22,24)/b8-6+. The van der Waals surface area contributed by atoms with Crippen LogP contribution in [0.15, 0.2) is 24.3 Å². The fraction of sp³-hybridized carbons (Fsp3) is 0.571. The Bertz CT molecular complexity index is 812. The van der Waals surface area contributed by atoms with Crippen LogP contribution >= 0.6 is 0 Å². The quantitative estimate of drug-likeness (QED) is 0.616. The van der Waals surface area contributed by atoms with E-state index in [2.05, 4.69) is 19.2 Å². The molecule has 0 bridgehead atoms. The number of amides is 1. The van der Waals surface area contributed by atoms with Crippen LogP contribution in [-0.4, -0.2) is 58.2 Å². The molecule has 0 spiro atoms. The second kappa shape index (κ2) is 10.6. The lowest BCUT2D eigenvalue weighted by Gasteiger charge is -2.30. The van der Waals surface area contributed by atoms with E-state index >= 15 is 0 Å². The van der Waals surface area contributed by atoms with Gasteiger partial charge in [0.15, 0.2) is 11.5 Å². The summed E-state index contributed by atoms with van der Waals surface area (Å²) in [6, 6.07) is 5.55. The molecule has 1 N–H and O–H groups in total. The van der Waals surface area contributed by atoms with Crippen LogP contribution in [0.3, 0.4) is 0 Å². The normalized spacial score (nSPS) is 16.3. The van der Waals surface area contributed by atoms with Crippen LogP contribution in [0.1, 0.15) is 32.3 Å². The zero-order valence-electron chi connectivity index (χ0n) is 17.7.